The zero-order valence-corrected chi connectivity index (χ0v) is 16.9. The topological polar surface area (TPSA) is 84.9 Å². The zero-order valence-electron chi connectivity index (χ0n) is 16.1. The van der Waals surface area contributed by atoms with E-state index in [1.165, 1.54) is 46.8 Å². The average molecular weight is 422 g/mol. The summed E-state index contributed by atoms with van der Waals surface area (Å²) in [5.41, 5.74) is 0.909. The van der Waals surface area contributed by atoms with Crippen LogP contribution in [0.2, 0.25) is 0 Å². The SMILES string of the molecule is CCOc1ccc(S(=O)(=O)N2CCOCC2)cc1NC(=O)Cc1ccc(F)cc1. The van der Waals surface area contributed by atoms with Gasteiger partial charge in [-0.2, -0.15) is 4.31 Å². The lowest BCUT2D eigenvalue weighted by molar-refractivity contribution is -0.115. The molecule has 2 aromatic rings. The molecule has 1 heterocycles. The fourth-order valence-corrected chi connectivity index (χ4v) is 4.40. The Kier molecular flexibility index (Phi) is 6.83. The number of nitrogens with one attached hydrogen (secondary N) is 1. The normalized spacial score (nSPS) is 15.1. The summed E-state index contributed by atoms with van der Waals surface area (Å²) in [5.74, 6) is -0.367. The van der Waals surface area contributed by atoms with Crippen LogP contribution in [0.25, 0.3) is 0 Å². The van der Waals surface area contributed by atoms with Crippen LogP contribution in [0.15, 0.2) is 47.4 Å². The minimum atomic E-state index is -3.71. The van der Waals surface area contributed by atoms with Crippen LogP contribution >= 0.6 is 0 Å². The number of halogens is 1. The number of hydrogen-bond donors (Lipinski definition) is 1. The maximum Gasteiger partial charge on any atom is 0.243 e. The minimum absolute atomic E-state index is 0.0201. The van der Waals surface area contributed by atoms with Crippen molar-refractivity contribution < 1.29 is 27.1 Å². The molecule has 29 heavy (non-hydrogen) atoms. The number of hydrogen-bond acceptors (Lipinski definition) is 5. The maximum atomic E-state index is 13.0. The molecule has 0 bridgehead atoms. The van der Waals surface area contributed by atoms with Crippen molar-refractivity contribution in [1.29, 1.82) is 0 Å². The molecule has 0 atom stereocenters. The van der Waals surface area contributed by atoms with Crippen LogP contribution in [0.3, 0.4) is 0 Å². The molecule has 0 saturated carbocycles. The minimum Gasteiger partial charge on any atom is -0.492 e. The second-order valence-corrected chi connectivity index (χ2v) is 8.40. The molecule has 7 nitrogen and oxygen atoms in total. The molecule has 1 fully saturated rings. The van der Waals surface area contributed by atoms with E-state index < -0.39 is 10.0 Å². The smallest absolute Gasteiger partial charge is 0.243 e. The first-order valence-electron chi connectivity index (χ1n) is 9.29. The first-order valence-corrected chi connectivity index (χ1v) is 10.7. The molecule has 2 aromatic carbocycles. The number of morpholine rings is 1. The van der Waals surface area contributed by atoms with Gasteiger partial charge in [0.1, 0.15) is 11.6 Å². The predicted octanol–water partition coefficient (Wildman–Crippen LogP) is 2.43. The van der Waals surface area contributed by atoms with Crippen molar-refractivity contribution in [3.8, 4) is 5.75 Å². The van der Waals surface area contributed by atoms with Crippen LogP contribution in [0.5, 0.6) is 5.75 Å². The van der Waals surface area contributed by atoms with E-state index in [4.69, 9.17) is 9.47 Å². The summed E-state index contributed by atoms with van der Waals surface area (Å²) >= 11 is 0. The summed E-state index contributed by atoms with van der Waals surface area (Å²) in [6, 6.07) is 10.0. The Bertz CT molecular complexity index is 957. The van der Waals surface area contributed by atoms with Gasteiger partial charge in [-0.15, -0.1) is 0 Å². The molecule has 9 heteroatoms. The van der Waals surface area contributed by atoms with Crippen LogP contribution in [-0.4, -0.2) is 51.5 Å². The Morgan fingerprint density at radius 1 is 1.17 bits per heavy atom. The average Bonchev–Trinajstić information content (AvgIpc) is 2.72. The Hall–Kier alpha value is -2.49. The number of sulfonamides is 1. The summed E-state index contributed by atoms with van der Waals surface area (Å²) in [6.45, 7) is 3.40. The van der Waals surface area contributed by atoms with Crippen molar-refractivity contribution in [2.75, 3.05) is 38.2 Å². The van der Waals surface area contributed by atoms with Gasteiger partial charge in [0.2, 0.25) is 15.9 Å². The first-order chi connectivity index (χ1) is 13.9. The molecule has 0 aliphatic carbocycles. The zero-order chi connectivity index (χ0) is 20.9. The summed E-state index contributed by atoms with van der Waals surface area (Å²) in [7, 11) is -3.71. The van der Waals surface area contributed by atoms with E-state index in [2.05, 4.69) is 5.32 Å². The highest BCUT2D eigenvalue weighted by Crippen LogP contribution is 2.29. The number of nitrogens with zero attached hydrogens (tertiary/aromatic N) is 1. The Balaban J connectivity index is 1.82. The molecule has 1 aliphatic heterocycles. The lowest BCUT2D eigenvalue weighted by atomic mass is 10.1. The third kappa shape index (κ3) is 5.31. The van der Waals surface area contributed by atoms with Crippen molar-refractivity contribution in [3.05, 3.63) is 53.8 Å². The van der Waals surface area contributed by atoms with Gasteiger partial charge in [0.25, 0.3) is 0 Å². The lowest BCUT2D eigenvalue weighted by Gasteiger charge is -2.26. The van der Waals surface area contributed by atoms with E-state index in [0.717, 1.165) is 0 Å². The van der Waals surface area contributed by atoms with Gasteiger partial charge < -0.3 is 14.8 Å². The van der Waals surface area contributed by atoms with Gasteiger partial charge in [-0.1, -0.05) is 12.1 Å². The van der Waals surface area contributed by atoms with Gasteiger partial charge in [-0.05, 0) is 42.8 Å². The van der Waals surface area contributed by atoms with Crippen LogP contribution < -0.4 is 10.1 Å². The van der Waals surface area contributed by atoms with Crippen molar-refractivity contribution >= 4 is 21.6 Å². The van der Waals surface area contributed by atoms with Crippen LogP contribution in [-0.2, 0) is 26.0 Å². The quantitative estimate of drug-likeness (QED) is 0.741. The fraction of sp³-hybridized carbons (Fsp3) is 0.350. The van der Waals surface area contributed by atoms with Crippen LogP contribution in [0, 0.1) is 5.82 Å². The predicted molar refractivity (Wildman–Crippen MR) is 106 cm³/mol. The molecule has 0 aromatic heterocycles. The number of carbonyl (C=O) groups excluding carboxylic acids is 1. The van der Waals surface area contributed by atoms with Gasteiger partial charge in [0, 0.05) is 13.1 Å². The molecule has 0 unspecified atom stereocenters. The molecule has 1 amide bonds. The van der Waals surface area contributed by atoms with Crippen molar-refractivity contribution in [3.63, 3.8) is 0 Å². The van der Waals surface area contributed by atoms with Crippen molar-refractivity contribution in [1.82, 2.24) is 4.31 Å². The standard InChI is InChI=1S/C20H23FN2O5S/c1-2-28-19-8-7-17(29(25,26)23-9-11-27-12-10-23)14-18(19)22-20(24)13-15-3-5-16(21)6-4-15/h3-8,14H,2,9-13H2,1H3,(H,22,24). The largest absolute Gasteiger partial charge is 0.492 e. The summed E-state index contributed by atoms with van der Waals surface area (Å²) < 4.78 is 50.9. The monoisotopic (exact) mass is 422 g/mol. The first kappa shape index (κ1) is 21.2. The molecule has 1 aliphatic rings. The number of benzene rings is 2. The number of ether oxygens (including phenoxy) is 2. The maximum absolute atomic E-state index is 13.0. The third-order valence-corrected chi connectivity index (χ3v) is 6.31. The van der Waals surface area contributed by atoms with Gasteiger partial charge in [0.05, 0.1) is 36.8 Å². The summed E-state index contributed by atoms with van der Waals surface area (Å²) in [4.78, 5) is 12.5. The van der Waals surface area contributed by atoms with E-state index in [9.17, 15) is 17.6 Å². The van der Waals surface area contributed by atoms with Gasteiger partial charge in [-0.3, -0.25) is 4.79 Å². The number of rotatable bonds is 7. The van der Waals surface area contributed by atoms with Crippen LogP contribution in [0.4, 0.5) is 10.1 Å². The second kappa shape index (κ2) is 9.34. The van der Waals surface area contributed by atoms with Crippen molar-refractivity contribution in [2.24, 2.45) is 0 Å². The lowest BCUT2D eigenvalue weighted by Crippen LogP contribution is -2.40. The number of carbonyl (C=O) groups is 1. The van der Waals surface area contributed by atoms with Gasteiger partial charge in [-0.25, -0.2) is 12.8 Å². The Labute approximate surface area is 169 Å². The molecule has 1 saturated heterocycles. The van der Waals surface area contributed by atoms with E-state index in [0.29, 0.717) is 31.1 Å². The molecular formula is C20H23FN2O5S. The van der Waals surface area contributed by atoms with E-state index >= 15 is 0 Å². The molecule has 0 radical (unpaired) electrons. The third-order valence-electron chi connectivity index (χ3n) is 4.41. The molecular weight excluding hydrogens is 399 g/mol. The van der Waals surface area contributed by atoms with E-state index in [1.807, 2.05) is 0 Å². The van der Waals surface area contributed by atoms with E-state index in [1.54, 1.807) is 6.92 Å². The highest BCUT2D eigenvalue weighted by Gasteiger charge is 2.27. The molecule has 156 valence electrons. The highest BCUT2D eigenvalue weighted by atomic mass is 32.2. The second-order valence-electron chi connectivity index (χ2n) is 6.46. The fourth-order valence-electron chi connectivity index (χ4n) is 2.97. The molecule has 0 spiro atoms. The number of anilines is 1. The van der Waals surface area contributed by atoms with Crippen molar-refractivity contribution in [2.45, 2.75) is 18.2 Å². The number of amides is 1. The highest BCUT2D eigenvalue weighted by molar-refractivity contribution is 7.89. The molecule has 3 rings (SSSR count). The summed E-state index contributed by atoms with van der Waals surface area (Å²) in [5, 5.41) is 2.71. The molecule has 1 N–H and O–H groups in total. The van der Waals surface area contributed by atoms with Gasteiger partial charge >= 0.3 is 0 Å². The van der Waals surface area contributed by atoms with E-state index in [-0.39, 0.29) is 41.8 Å². The summed E-state index contributed by atoms with van der Waals surface area (Å²) in [6.07, 6.45) is 0.0201. The Morgan fingerprint density at radius 2 is 1.86 bits per heavy atom. The van der Waals surface area contributed by atoms with Gasteiger partial charge in [0.15, 0.2) is 0 Å². The van der Waals surface area contributed by atoms with Crippen LogP contribution in [0.1, 0.15) is 12.5 Å². The Morgan fingerprint density at radius 3 is 2.52 bits per heavy atom.